The Kier molecular flexibility index (Phi) is 5.41. The number of oxazole rings is 1. The van der Waals surface area contributed by atoms with E-state index in [1.165, 1.54) is 18.5 Å². The summed E-state index contributed by atoms with van der Waals surface area (Å²) in [5, 5.41) is 0. The van der Waals surface area contributed by atoms with Gasteiger partial charge < -0.3 is 9.32 Å². The van der Waals surface area contributed by atoms with Gasteiger partial charge in [-0.2, -0.15) is 0 Å². The highest BCUT2D eigenvalue weighted by molar-refractivity contribution is 5.10. The van der Waals surface area contributed by atoms with Crippen LogP contribution in [0.3, 0.4) is 0 Å². The van der Waals surface area contributed by atoms with E-state index in [4.69, 9.17) is 4.42 Å². The maximum atomic E-state index is 5.72. The molecule has 3 rings (SSSR count). The Bertz CT molecular complexity index is 598. The lowest BCUT2D eigenvalue weighted by molar-refractivity contribution is 0.206. The molecule has 0 aliphatic carbocycles. The number of rotatable bonds is 7. The van der Waals surface area contributed by atoms with Gasteiger partial charge in [-0.25, -0.2) is 4.98 Å². The molecular formula is C18H26N4O. The number of hydrogen-bond acceptors (Lipinski definition) is 5. The van der Waals surface area contributed by atoms with E-state index in [-0.39, 0.29) is 0 Å². The van der Waals surface area contributed by atoms with Crippen LogP contribution in [-0.2, 0) is 19.4 Å². The van der Waals surface area contributed by atoms with E-state index >= 15 is 0 Å². The Hall–Kier alpha value is -1.72. The topological polar surface area (TPSA) is 45.4 Å². The third kappa shape index (κ3) is 4.39. The maximum absolute atomic E-state index is 5.72. The van der Waals surface area contributed by atoms with E-state index in [9.17, 15) is 0 Å². The number of aryl methyl sites for hydroxylation is 1. The first-order chi connectivity index (χ1) is 11.2. The van der Waals surface area contributed by atoms with Crippen LogP contribution < -0.4 is 0 Å². The summed E-state index contributed by atoms with van der Waals surface area (Å²) in [6, 6.07) is 4.80. The normalized spacial score (nSPS) is 18.8. The average molecular weight is 314 g/mol. The van der Waals surface area contributed by atoms with Gasteiger partial charge in [-0.3, -0.25) is 9.88 Å². The summed E-state index contributed by atoms with van der Waals surface area (Å²) in [7, 11) is 2.17. The molecule has 0 radical (unpaired) electrons. The first-order valence-electron chi connectivity index (χ1n) is 8.49. The molecule has 0 bridgehead atoms. The molecule has 0 saturated carbocycles. The fraction of sp³-hybridized carbons (Fsp3) is 0.556. The van der Waals surface area contributed by atoms with Crippen molar-refractivity contribution in [2.75, 3.05) is 26.7 Å². The molecule has 1 atom stereocenters. The van der Waals surface area contributed by atoms with Gasteiger partial charge in [0.2, 0.25) is 5.89 Å². The monoisotopic (exact) mass is 314 g/mol. The summed E-state index contributed by atoms with van der Waals surface area (Å²) < 4.78 is 5.72. The molecule has 1 saturated heterocycles. The van der Waals surface area contributed by atoms with Gasteiger partial charge in [-0.05, 0) is 44.1 Å². The van der Waals surface area contributed by atoms with Crippen molar-refractivity contribution in [1.82, 2.24) is 19.8 Å². The van der Waals surface area contributed by atoms with Gasteiger partial charge in [-0.15, -0.1) is 0 Å². The summed E-state index contributed by atoms with van der Waals surface area (Å²) in [5.74, 6) is 1.80. The number of nitrogens with zero attached hydrogens (tertiary/aromatic N) is 4. The molecule has 1 aliphatic heterocycles. The van der Waals surface area contributed by atoms with Gasteiger partial charge in [0.25, 0.3) is 0 Å². The van der Waals surface area contributed by atoms with Crippen molar-refractivity contribution in [2.45, 2.75) is 38.8 Å². The molecule has 0 aromatic carbocycles. The molecule has 23 heavy (non-hydrogen) atoms. The van der Waals surface area contributed by atoms with Crippen LogP contribution >= 0.6 is 0 Å². The van der Waals surface area contributed by atoms with Gasteiger partial charge in [0.05, 0.1) is 12.7 Å². The van der Waals surface area contributed by atoms with E-state index in [1.54, 1.807) is 0 Å². The quantitative estimate of drug-likeness (QED) is 0.785. The van der Waals surface area contributed by atoms with Gasteiger partial charge >= 0.3 is 0 Å². The third-order valence-corrected chi connectivity index (χ3v) is 4.67. The first-order valence-corrected chi connectivity index (χ1v) is 8.49. The zero-order valence-electron chi connectivity index (χ0n) is 14.1. The maximum Gasteiger partial charge on any atom is 0.208 e. The van der Waals surface area contributed by atoms with E-state index in [1.807, 2.05) is 18.6 Å². The SMILES string of the molecule is CCc1cnc(CN(C)[C@H]2CCN(CCc3ccncc3)C2)o1. The molecule has 0 spiro atoms. The number of aromatic nitrogens is 2. The van der Waals surface area contributed by atoms with Crippen molar-refractivity contribution in [1.29, 1.82) is 0 Å². The lowest BCUT2D eigenvalue weighted by Crippen LogP contribution is -2.34. The Labute approximate surface area is 138 Å². The number of hydrogen-bond donors (Lipinski definition) is 0. The van der Waals surface area contributed by atoms with Crippen LogP contribution in [-0.4, -0.2) is 52.5 Å². The predicted octanol–water partition coefficient (Wildman–Crippen LogP) is 2.38. The Morgan fingerprint density at radius 1 is 1.35 bits per heavy atom. The molecule has 124 valence electrons. The molecule has 5 heteroatoms. The fourth-order valence-electron chi connectivity index (χ4n) is 3.14. The molecule has 1 fully saturated rings. The van der Waals surface area contributed by atoms with E-state index in [0.29, 0.717) is 6.04 Å². The van der Waals surface area contributed by atoms with Crippen LogP contribution in [0.4, 0.5) is 0 Å². The molecular weight excluding hydrogens is 288 g/mol. The fourth-order valence-corrected chi connectivity index (χ4v) is 3.14. The largest absolute Gasteiger partial charge is 0.444 e. The highest BCUT2D eigenvalue weighted by Crippen LogP contribution is 2.17. The molecule has 2 aromatic rings. The van der Waals surface area contributed by atoms with Crippen LogP contribution in [0.25, 0.3) is 0 Å². The molecule has 3 heterocycles. The van der Waals surface area contributed by atoms with E-state index in [2.05, 4.69) is 45.9 Å². The second-order valence-corrected chi connectivity index (χ2v) is 6.34. The predicted molar refractivity (Wildman–Crippen MR) is 90.1 cm³/mol. The summed E-state index contributed by atoms with van der Waals surface area (Å²) in [5.41, 5.74) is 1.36. The lowest BCUT2D eigenvalue weighted by Gasteiger charge is -2.23. The van der Waals surface area contributed by atoms with Crippen molar-refractivity contribution in [2.24, 2.45) is 0 Å². The molecule has 5 nitrogen and oxygen atoms in total. The Balaban J connectivity index is 1.45. The minimum Gasteiger partial charge on any atom is -0.444 e. The minimum absolute atomic E-state index is 0.587. The zero-order chi connectivity index (χ0) is 16.1. The summed E-state index contributed by atoms with van der Waals surface area (Å²) in [4.78, 5) is 13.4. The lowest BCUT2D eigenvalue weighted by atomic mass is 10.2. The average Bonchev–Trinajstić information content (AvgIpc) is 3.23. The molecule has 2 aromatic heterocycles. The smallest absolute Gasteiger partial charge is 0.208 e. The number of pyridine rings is 1. The van der Waals surface area contributed by atoms with Crippen molar-refractivity contribution in [3.63, 3.8) is 0 Å². The van der Waals surface area contributed by atoms with Gasteiger partial charge in [-0.1, -0.05) is 6.92 Å². The van der Waals surface area contributed by atoms with Gasteiger partial charge in [0, 0.05) is 37.9 Å². The second-order valence-electron chi connectivity index (χ2n) is 6.34. The standard InChI is InChI=1S/C18H26N4O/c1-3-17-12-20-18(23-17)14-21(2)16-7-11-22(13-16)10-6-15-4-8-19-9-5-15/h4-5,8-9,12,16H,3,6-7,10-11,13-14H2,1-2H3/t16-/m0/s1. The van der Waals surface area contributed by atoms with Crippen LogP contribution in [0, 0.1) is 0 Å². The van der Waals surface area contributed by atoms with Crippen molar-refractivity contribution >= 4 is 0 Å². The zero-order valence-corrected chi connectivity index (χ0v) is 14.1. The Morgan fingerprint density at radius 2 is 2.17 bits per heavy atom. The number of likely N-dealkylation sites (N-methyl/N-ethyl adjacent to an activating group) is 1. The Morgan fingerprint density at radius 3 is 2.91 bits per heavy atom. The van der Waals surface area contributed by atoms with Crippen LogP contribution in [0.2, 0.25) is 0 Å². The van der Waals surface area contributed by atoms with Crippen LogP contribution in [0.15, 0.2) is 35.1 Å². The highest BCUT2D eigenvalue weighted by Gasteiger charge is 2.26. The van der Waals surface area contributed by atoms with Crippen molar-refractivity contribution < 1.29 is 4.42 Å². The summed E-state index contributed by atoms with van der Waals surface area (Å²) in [6.45, 7) is 6.30. The minimum atomic E-state index is 0.587. The van der Waals surface area contributed by atoms with E-state index in [0.717, 1.165) is 44.1 Å². The second kappa shape index (κ2) is 7.70. The van der Waals surface area contributed by atoms with Crippen LogP contribution in [0.1, 0.15) is 30.6 Å². The molecule has 1 aliphatic rings. The van der Waals surface area contributed by atoms with Crippen LogP contribution in [0.5, 0.6) is 0 Å². The summed E-state index contributed by atoms with van der Waals surface area (Å²) >= 11 is 0. The molecule has 0 N–H and O–H groups in total. The van der Waals surface area contributed by atoms with E-state index < -0.39 is 0 Å². The first kappa shape index (κ1) is 16.1. The third-order valence-electron chi connectivity index (χ3n) is 4.67. The van der Waals surface area contributed by atoms with Crippen molar-refractivity contribution in [3.8, 4) is 0 Å². The number of likely N-dealkylation sites (tertiary alicyclic amines) is 1. The highest BCUT2D eigenvalue weighted by atomic mass is 16.4. The van der Waals surface area contributed by atoms with Gasteiger partial charge in [0.1, 0.15) is 5.76 Å². The molecule has 0 amide bonds. The van der Waals surface area contributed by atoms with Gasteiger partial charge in [0.15, 0.2) is 0 Å². The summed E-state index contributed by atoms with van der Waals surface area (Å²) in [6.07, 6.45) is 8.81. The molecule has 0 unspecified atom stereocenters. The van der Waals surface area contributed by atoms with Crippen molar-refractivity contribution in [3.05, 3.63) is 47.9 Å².